The Balaban J connectivity index is 2.97. The molecule has 1 unspecified atom stereocenters. The number of thioether (sulfide) groups is 1. The number of aliphatic carboxylic acids is 1. The van der Waals surface area contributed by atoms with E-state index < -0.39 is 21.9 Å². The molecule has 1 aromatic carbocycles. The first kappa shape index (κ1) is 14.2. The fourth-order valence-electron chi connectivity index (χ4n) is 1.42. The molecule has 1 atom stereocenters. The topological polar surface area (TPSA) is 97.5 Å². The Morgan fingerprint density at radius 1 is 1.44 bits per heavy atom. The third-order valence-electron chi connectivity index (χ3n) is 2.33. The molecule has 0 aliphatic carbocycles. The fraction of sp³-hybridized carbons (Fsp3) is 0.273. The monoisotopic (exact) mass is 269 g/mol. The molecule has 96 valence electrons. The zero-order valence-corrected chi connectivity index (χ0v) is 10.3. The number of hydrogen-bond acceptors (Lipinski definition) is 5. The highest BCUT2D eigenvalue weighted by molar-refractivity contribution is 7.99. The van der Waals surface area contributed by atoms with E-state index in [-0.39, 0.29) is 17.7 Å². The minimum absolute atomic E-state index is 0.0530. The number of nitrogens with zero attached hydrogens (tertiary/aromatic N) is 1. The minimum Gasteiger partial charge on any atom is -0.480 e. The Labute approximate surface area is 107 Å². The van der Waals surface area contributed by atoms with Gasteiger partial charge in [0.15, 0.2) is 5.78 Å². The second-order valence-corrected chi connectivity index (χ2v) is 4.50. The van der Waals surface area contributed by atoms with E-state index >= 15 is 0 Å². The van der Waals surface area contributed by atoms with Gasteiger partial charge in [0.1, 0.15) is 5.25 Å². The zero-order valence-electron chi connectivity index (χ0n) is 9.53. The van der Waals surface area contributed by atoms with Gasteiger partial charge in [0, 0.05) is 12.5 Å². The van der Waals surface area contributed by atoms with Crippen LogP contribution in [0, 0.1) is 10.1 Å². The maximum absolute atomic E-state index is 11.9. The third-order valence-corrected chi connectivity index (χ3v) is 3.27. The lowest BCUT2D eigenvalue weighted by Crippen LogP contribution is -2.20. The highest BCUT2D eigenvalue weighted by Crippen LogP contribution is 2.22. The van der Waals surface area contributed by atoms with Crippen molar-refractivity contribution in [1.29, 1.82) is 0 Å². The molecule has 7 heteroatoms. The van der Waals surface area contributed by atoms with Crippen LogP contribution in [0.15, 0.2) is 24.3 Å². The number of carboxylic acid groups (broad SMARTS) is 1. The van der Waals surface area contributed by atoms with Crippen LogP contribution in [0.1, 0.15) is 16.8 Å². The molecule has 0 bridgehead atoms. The van der Waals surface area contributed by atoms with E-state index in [1.165, 1.54) is 24.3 Å². The van der Waals surface area contributed by atoms with E-state index in [0.29, 0.717) is 0 Å². The van der Waals surface area contributed by atoms with Gasteiger partial charge in [-0.25, -0.2) is 0 Å². The third kappa shape index (κ3) is 3.30. The lowest BCUT2D eigenvalue weighted by atomic mass is 10.0. The summed E-state index contributed by atoms with van der Waals surface area (Å²) < 4.78 is 0. The number of ketones is 1. The van der Waals surface area contributed by atoms with E-state index in [4.69, 9.17) is 5.11 Å². The molecule has 1 rings (SSSR count). The van der Waals surface area contributed by atoms with E-state index in [9.17, 15) is 19.7 Å². The summed E-state index contributed by atoms with van der Waals surface area (Å²) in [6.07, 6.45) is 1.31. The molecule has 0 aliphatic rings. The number of carbonyl (C=O) groups is 2. The average Bonchev–Trinajstić information content (AvgIpc) is 2.35. The molecule has 6 nitrogen and oxygen atoms in total. The van der Waals surface area contributed by atoms with Gasteiger partial charge in [-0.2, -0.15) is 0 Å². The van der Waals surface area contributed by atoms with E-state index in [2.05, 4.69) is 0 Å². The predicted octanol–water partition coefficient (Wildman–Crippen LogP) is 1.98. The Hall–Kier alpha value is -1.89. The van der Waals surface area contributed by atoms with Gasteiger partial charge in [0.2, 0.25) is 0 Å². The van der Waals surface area contributed by atoms with Gasteiger partial charge < -0.3 is 5.11 Å². The molecule has 1 N–H and O–H groups in total. The van der Waals surface area contributed by atoms with Crippen LogP contribution in [0.5, 0.6) is 0 Å². The number of benzene rings is 1. The number of nitro benzene ring substituents is 1. The molecule has 0 aliphatic heterocycles. The molecule has 0 spiro atoms. The van der Waals surface area contributed by atoms with Gasteiger partial charge in [0.05, 0.1) is 10.5 Å². The van der Waals surface area contributed by atoms with E-state index in [1.807, 2.05) is 0 Å². The molecule has 0 saturated carbocycles. The smallest absolute Gasteiger partial charge is 0.317 e. The Bertz CT molecular complexity index is 488. The summed E-state index contributed by atoms with van der Waals surface area (Å²) in [5.74, 6) is -1.64. The van der Waals surface area contributed by atoms with Crippen molar-refractivity contribution < 1.29 is 19.6 Å². The standard InChI is InChI=1S/C11H11NO5S/c1-18-10(11(14)15)6-9(13)7-4-2-3-5-8(7)12(16)17/h2-5,10H,6H2,1H3,(H,14,15). The van der Waals surface area contributed by atoms with E-state index in [0.717, 1.165) is 11.8 Å². The van der Waals surface area contributed by atoms with Gasteiger partial charge in [0.25, 0.3) is 5.69 Å². The lowest BCUT2D eigenvalue weighted by molar-refractivity contribution is -0.385. The largest absolute Gasteiger partial charge is 0.480 e. The van der Waals surface area contributed by atoms with Crippen LogP contribution in [0.4, 0.5) is 5.69 Å². The van der Waals surface area contributed by atoms with Crippen molar-refractivity contribution >= 4 is 29.2 Å². The molecule has 1 aromatic rings. The van der Waals surface area contributed by atoms with Crippen LogP contribution in [0.2, 0.25) is 0 Å². The quantitative estimate of drug-likeness (QED) is 0.481. The number of rotatable bonds is 6. The predicted molar refractivity (Wildman–Crippen MR) is 67.0 cm³/mol. The molecule has 0 amide bonds. The Kier molecular flexibility index (Phi) is 4.85. The maximum Gasteiger partial charge on any atom is 0.317 e. The van der Waals surface area contributed by atoms with Crippen LogP contribution in [-0.4, -0.2) is 33.3 Å². The fourth-order valence-corrected chi connectivity index (χ4v) is 1.94. The number of carboxylic acids is 1. The van der Waals surface area contributed by atoms with Gasteiger partial charge >= 0.3 is 5.97 Å². The SMILES string of the molecule is CSC(CC(=O)c1ccccc1[N+](=O)[O-])C(=O)O. The average molecular weight is 269 g/mol. The van der Waals surface area contributed by atoms with Crippen molar-refractivity contribution in [2.45, 2.75) is 11.7 Å². The summed E-state index contributed by atoms with van der Waals surface area (Å²) in [5.41, 5.74) is -0.351. The minimum atomic E-state index is -1.10. The van der Waals surface area contributed by atoms with Gasteiger partial charge in [-0.1, -0.05) is 12.1 Å². The summed E-state index contributed by atoms with van der Waals surface area (Å²) in [7, 11) is 0. The number of carbonyl (C=O) groups excluding carboxylic acids is 1. The van der Waals surface area contributed by atoms with Crippen LogP contribution in [-0.2, 0) is 4.79 Å². The van der Waals surface area contributed by atoms with Crippen molar-refractivity contribution in [3.8, 4) is 0 Å². The molecule has 0 saturated heterocycles. The molecule has 0 radical (unpaired) electrons. The summed E-state index contributed by atoms with van der Waals surface area (Å²) >= 11 is 1.03. The second-order valence-electron chi connectivity index (χ2n) is 3.46. The number of hydrogen-bond donors (Lipinski definition) is 1. The first-order chi connectivity index (χ1) is 8.47. The highest BCUT2D eigenvalue weighted by Gasteiger charge is 2.25. The van der Waals surface area contributed by atoms with Crippen molar-refractivity contribution in [3.05, 3.63) is 39.9 Å². The van der Waals surface area contributed by atoms with Crippen LogP contribution in [0.3, 0.4) is 0 Å². The zero-order chi connectivity index (χ0) is 13.7. The summed E-state index contributed by atoms with van der Waals surface area (Å²) in [5, 5.41) is 18.7. The molecule has 0 aromatic heterocycles. The summed E-state index contributed by atoms with van der Waals surface area (Å²) in [6.45, 7) is 0. The molecule has 18 heavy (non-hydrogen) atoms. The summed E-state index contributed by atoms with van der Waals surface area (Å²) in [6, 6.07) is 5.52. The second kappa shape index (κ2) is 6.15. The van der Waals surface area contributed by atoms with Crippen LogP contribution in [0.25, 0.3) is 0 Å². The van der Waals surface area contributed by atoms with Crippen LogP contribution < -0.4 is 0 Å². The van der Waals surface area contributed by atoms with Crippen molar-refractivity contribution in [1.82, 2.24) is 0 Å². The number of nitro groups is 1. The first-order valence-corrected chi connectivity index (χ1v) is 6.28. The molecule has 0 heterocycles. The van der Waals surface area contributed by atoms with Crippen LogP contribution >= 0.6 is 11.8 Å². The molecular weight excluding hydrogens is 258 g/mol. The van der Waals surface area contributed by atoms with Gasteiger partial charge in [-0.3, -0.25) is 19.7 Å². The lowest BCUT2D eigenvalue weighted by Gasteiger charge is -2.08. The van der Waals surface area contributed by atoms with Crippen molar-refractivity contribution in [3.63, 3.8) is 0 Å². The Morgan fingerprint density at radius 2 is 2.06 bits per heavy atom. The van der Waals surface area contributed by atoms with Crippen molar-refractivity contribution in [2.75, 3.05) is 6.26 Å². The van der Waals surface area contributed by atoms with Crippen molar-refractivity contribution in [2.24, 2.45) is 0 Å². The highest BCUT2D eigenvalue weighted by atomic mass is 32.2. The Morgan fingerprint density at radius 3 is 2.56 bits per heavy atom. The summed E-state index contributed by atoms with van der Waals surface area (Å²) in [4.78, 5) is 32.8. The van der Waals surface area contributed by atoms with E-state index in [1.54, 1.807) is 6.26 Å². The molecule has 0 fully saturated rings. The number of para-hydroxylation sites is 1. The van der Waals surface area contributed by atoms with Gasteiger partial charge in [-0.15, -0.1) is 11.8 Å². The first-order valence-electron chi connectivity index (χ1n) is 4.99. The maximum atomic E-state index is 11.9. The number of Topliss-reactive ketones (excluding diaryl/α,β-unsaturated/α-hetero) is 1. The molecular formula is C11H11NO5S. The normalized spacial score (nSPS) is 11.8. The van der Waals surface area contributed by atoms with Gasteiger partial charge in [-0.05, 0) is 12.3 Å².